The molecule has 0 fully saturated rings. The number of aliphatic imine (C=N–C) groups is 1. The second-order valence-electron chi connectivity index (χ2n) is 2.64. The molecule has 0 bridgehead atoms. The molecular formula is C11H18N2. The van der Waals surface area contributed by atoms with Crippen LogP contribution in [0.3, 0.4) is 0 Å². The Bertz CT molecular complexity index is 250. The molecule has 1 aromatic carbocycles. The zero-order valence-corrected chi connectivity index (χ0v) is 8.83. The van der Waals surface area contributed by atoms with E-state index in [1.54, 1.807) is 13.3 Å². The van der Waals surface area contributed by atoms with Crippen LogP contribution in [0.15, 0.2) is 29.3 Å². The first kappa shape index (κ1) is 11.7. The first-order valence-electron chi connectivity index (χ1n) is 4.35. The van der Waals surface area contributed by atoms with E-state index in [0.717, 1.165) is 0 Å². The maximum Gasteiger partial charge on any atom is 0.0340 e. The Morgan fingerprint density at radius 2 is 2.00 bits per heavy atom. The Balaban J connectivity index is 0.000000310. The lowest BCUT2D eigenvalue weighted by Gasteiger charge is -1.98. The molecule has 0 amide bonds. The highest BCUT2D eigenvalue weighted by Gasteiger charge is 1.84. The Morgan fingerprint density at radius 3 is 2.31 bits per heavy atom. The molecule has 0 radical (unpaired) electrons. The van der Waals surface area contributed by atoms with Crippen LogP contribution in [0.4, 0.5) is 5.69 Å². The van der Waals surface area contributed by atoms with E-state index in [1.807, 2.05) is 26.1 Å². The van der Waals surface area contributed by atoms with Gasteiger partial charge in [-0.05, 0) is 37.8 Å². The van der Waals surface area contributed by atoms with Gasteiger partial charge in [-0.15, -0.1) is 0 Å². The second-order valence-corrected chi connectivity index (χ2v) is 2.64. The van der Waals surface area contributed by atoms with Gasteiger partial charge in [-0.25, -0.2) is 0 Å². The lowest BCUT2D eigenvalue weighted by atomic mass is 10.2. The van der Waals surface area contributed by atoms with E-state index in [-0.39, 0.29) is 0 Å². The predicted molar refractivity (Wildman–Crippen MR) is 60.8 cm³/mol. The van der Waals surface area contributed by atoms with Gasteiger partial charge in [0, 0.05) is 19.8 Å². The molecule has 2 nitrogen and oxygen atoms in total. The number of anilines is 1. The number of hydrogen-bond donors (Lipinski definition) is 1. The van der Waals surface area contributed by atoms with Gasteiger partial charge in [-0.2, -0.15) is 0 Å². The summed E-state index contributed by atoms with van der Waals surface area (Å²) in [7, 11) is 3.68. The van der Waals surface area contributed by atoms with Gasteiger partial charge in [0.05, 0.1) is 0 Å². The fourth-order valence-corrected chi connectivity index (χ4v) is 0.801. The summed E-state index contributed by atoms with van der Waals surface area (Å²) in [6.45, 7) is 3.97. The Labute approximate surface area is 80.7 Å². The van der Waals surface area contributed by atoms with E-state index >= 15 is 0 Å². The number of benzene rings is 1. The third kappa shape index (κ3) is 5.91. The fourth-order valence-electron chi connectivity index (χ4n) is 0.801. The summed E-state index contributed by atoms with van der Waals surface area (Å²) in [4.78, 5) is 3.61. The zero-order chi connectivity index (χ0) is 10.1. The standard InChI is InChI=1S/C8H11N.C3H7N/c1-7-4-3-5-8(6-7)9-2;1-3-4-2/h3-6,9H,1-2H3;3H,1-2H3. The van der Waals surface area contributed by atoms with Crippen LogP contribution < -0.4 is 5.32 Å². The normalized spacial score (nSPS) is 9.23. The molecule has 0 aliphatic carbocycles. The van der Waals surface area contributed by atoms with Gasteiger partial charge in [0.15, 0.2) is 0 Å². The maximum absolute atomic E-state index is 3.61. The SMILES string of the molecule is CC=NC.CNc1cccc(C)c1. The van der Waals surface area contributed by atoms with Gasteiger partial charge in [0.1, 0.15) is 0 Å². The average molecular weight is 178 g/mol. The van der Waals surface area contributed by atoms with Crippen molar-refractivity contribution >= 4 is 11.9 Å². The molecule has 0 aliphatic rings. The minimum absolute atomic E-state index is 1.18. The Hall–Kier alpha value is -1.31. The van der Waals surface area contributed by atoms with Gasteiger partial charge >= 0.3 is 0 Å². The molecule has 1 aromatic rings. The molecule has 0 unspecified atom stereocenters. The Morgan fingerprint density at radius 1 is 1.38 bits per heavy atom. The van der Waals surface area contributed by atoms with Crippen LogP contribution in [-0.2, 0) is 0 Å². The minimum atomic E-state index is 1.18. The molecule has 0 saturated carbocycles. The molecule has 0 spiro atoms. The molecular weight excluding hydrogens is 160 g/mol. The molecule has 72 valence electrons. The first-order valence-corrected chi connectivity index (χ1v) is 4.35. The maximum atomic E-state index is 3.61. The molecule has 0 atom stereocenters. The second kappa shape index (κ2) is 7.35. The summed E-state index contributed by atoms with van der Waals surface area (Å²) in [5.74, 6) is 0. The van der Waals surface area contributed by atoms with E-state index < -0.39 is 0 Å². The van der Waals surface area contributed by atoms with Gasteiger partial charge < -0.3 is 10.3 Å². The highest BCUT2D eigenvalue weighted by Crippen LogP contribution is 2.07. The predicted octanol–water partition coefficient (Wildman–Crippen LogP) is 2.74. The highest BCUT2D eigenvalue weighted by atomic mass is 14.8. The van der Waals surface area contributed by atoms with Gasteiger partial charge in [-0.3, -0.25) is 0 Å². The van der Waals surface area contributed by atoms with Crippen molar-refractivity contribution in [2.24, 2.45) is 4.99 Å². The van der Waals surface area contributed by atoms with Crippen molar-refractivity contribution < 1.29 is 0 Å². The summed E-state index contributed by atoms with van der Waals surface area (Å²) in [6, 6.07) is 8.29. The Kier molecular flexibility index (Phi) is 6.60. The van der Waals surface area contributed by atoms with E-state index in [2.05, 4.69) is 29.4 Å². The summed E-state index contributed by atoms with van der Waals surface area (Å²) >= 11 is 0. The van der Waals surface area contributed by atoms with Crippen LogP contribution in [0.25, 0.3) is 0 Å². The van der Waals surface area contributed by atoms with Crippen LogP contribution in [0.2, 0.25) is 0 Å². The number of hydrogen-bond acceptors (Lipinski definition) is 2. The molecule has 0 aromatic heterocycles. The van der Waals surface area contributed by atoms with Crippen molar-refractivity contribution in [3.63, 3.8) is 0 Å². The fraction of sp³-hybridized carbons (Fsp3) is 0.364. The highest BCUT2D eigenvalue weighted by molar-refractivity contribution is 5.52. The van der Waals surface area contributed by atoms with E-state index in [1.165, 1.54) is 11.3 Å². The third-order valence-corrected chi connectivity index (χ3v) is 1.56. The monoisotopic (exact) mass is 178 g/mol. The molecule has 2 heteroatoms. The molecule has 1 N–H and O–H groups in total. The van der Waals surface area contributed by atoms with Crippen LogP contribution in [-0.4, -0.2) is 20.3 Å². The third-order valence-electron chi connectivity index (χ3n) is 1.56. The van der Waals surface area contributed by atoms with Crippen molar-refractivity contribution in [3.05, 3.63) is 29.8 Å². The summed E-state index contributed by atoms with van der Waals surface area (Å²) < 4.78 is 0. The molecule has 0 aliphatic heterocycles. The van der Waals surface area contributed by atoms with Crippen molar-refractivity contribution in [2.75, 3.05) is 19.4 Å². The lowest BCUT2D eigenvalue weighted by molar-refractivity contribution is 1.43. The number of rotatable bonds is 1. The lowest BCUT2D eigenvalue weighted by Crippen LogP contribution is -1.86. The smallest absolute Gasteiger partial charge is 0.0340 e. The van der Waals surface area contributed by atoms with Crippen LogP contribution >= 0.6 is 0 Å². The number of aryl methyl sites for hydroxylation is 1. The van der Waals surface area contributed by atoms with Crippen LogP contribution in [0.1, 0.15) is 12.5 Å². The summed E-state index contributed by atoms with van der Waals surface area (Å²) in [5, 5.41) is 3.07. The number of nitrogens with one attached hydrogen (secondary N) is 1. The van der Waals surface area contributed by atoms with Crippen LogP contribution in [0.5, 0.6) is 0 Å². The first-order chi connectivity index (χ1) is 6.24. The molecule has 13 heavy (non-hydrogen) atoms. The summed E-state index contributed by atoms with van der Waals surface area (Å²) in [6.07, 6.45) is 1.75. The zero-order valence-electron chi connectivity index (χ0n) is 8.83. The van der Waals surface area contributed by atoms with Crippen molar-refractivity contribution in [1.29, 1.82) is 0 Å². The topological polar surface area (TPSA) is 24.4 Å². The molecule has 0 heterocycles. The van der Waals surface area contributed by atoms with E-state index in [4.69, 9.17) is 0 Å². The average Bonchev–Trinajstić information content (AvgIpc) is 2.18. The largest absolute Gasteiger partial charge is 0.388 e. The van der Waals surface area contributed by atoms with Crippen LogP contribution in [0, 0.1) is 6.92 Å². The molecule has 0 saturated heterocycles. The van der Waals surface area contributed by atoms with E-state index in [0.29, 0.717) is 0 Å². The summed E-state index contributed by atoms with van der Waals surface area (Å²) in [5.41, 5.74) is 2.47. The van der Waals surface area contributed by atoms with Gasteiger partial charge in [0.25, 0.3) is 0 Å². The molecule has 1 rings (SSSR count). The minimum Gasteiger partial charge on any atom is -0.388 e. The van der Waals surface area contributed by atoms with Gasteiger partial charge in [-0.1, -0.05) is 12.1 Å². The number of nitrogens with zero attached hydrogens (tertiary/aromatic N) is 1. The quantitative estimate of drug-likeness (QED) is 0.657. The van der Waals surface area contributed by atoms with E-state index in [9.17, 15) is 0 Å². The van der Waals surface area contributed by atoms with Crippen molar-refractivity contribution in [3.8, 4) is 0 Å². The van der Waals surface area contributed by atoms with Gasteiger partial charge in [0.2, 0.25) is 0 Å². The van der Waals surface area contributed by atoms with Crippen molar-refractivity contribution in [2.45, 2.75) is 13.8 Å². The van der Waals surface area contributed by atoms with Crippen molar-refractivity contribution in [1.82, 2.24) is 0 Å².